The first-order chi connectivity index (χ1) is 11.7. The third-order valence-electron chi connectivity index (χ3n) is 4.69. The van der Waals surface area contributed by atoms with Crippen LogP contribution in [0.5, 0.6) is 11.5 Å². The van der Waals surface area contributed by atoms with E-state index in [9.17, 15) is 0 Å². The normalized spacial score (nSPS) is 16.1. The molecule has 1 aromatic carbocycles. The molecule has 0 radical (unpaired) electrons. The maximum Gasteiger partial charge on any atom is 0.125 e. The molecular formula is C20H26N2O2. The molecule has 1 fully saturated rings. The summed E-state index contributed by atoms with van der Waals surface area (Å²) < 4.78 is 11.3. The molecule has 1 aromatic heterocycles. The number of ether oxygens (including phenoxy) is 2. The number of pyridine rings is 1. The summed E-state index contributed by atoms with van der Waals surface area (Å²) in [5.74, 6) is 2.53. The van der Waals surface area contributed by atoms with Gasteiger partial charge in [0.25, 0.3) is 0 Å². The van der Waals surface area contributed by atoms with Crippen LogP contribution in [-0.4, -0.2) is 36.7 Å². The lowest BCUT2D eigenvalue weighted by Gasteiger charge is -2.32. The van der Waals surface area contributed by atoms with Crippen LogP contribution in [0.4, 0.5) is 0 Å². The van der Waals surface area contributed by atoms with Crippen molar-refractivity contribution in [2.45, 2.75) is 26.3 Å². The van der Waals surface area contributed by atoms with Crippen molar-refractivity contribution in [1.29, 1.82) is 0 Å². The second-order valence-corrected chi connectivity index (χ2v) is 6.52. The number of methoxy groups -OCH3 is 1. The van der Waals surface area contributed by atoms with E-state index >= 15 is 0 Å². The zero-order valence-electron chi connectivity index (χ0n) is 14.6. The molecule has 2 heterocycles. The average molecular weight is 326 g/mol. The fourth-order valence-corrected chi connectivity index (χ4v) is 3.17. The Morgan fingerprint density at radius 2 is 2.04 bits per heavy atom. The molecule has 0 bridgehead atoms. The number of benzene rings is 1. The number of rotatable bonds is 6. The molecule has 4 heteroatoms. The van der Waals surface area contributed by atoms with E-state index in [4.69, 9.17) is 9.47 Å². The van der Waals surface area contributed by atoms with Gasteiger partial charge in [0, 0.05) is 24.5 Å². The number of aromatic nitrogens is 1. The molecule has 0 N–H and O–H groups in total. The highest BCUT2D eigenvalue weighted by molar-refractivity contribution is 5.29. The smallest absolute Gasteiger partial charge is 0.125 e. The molecule has 1 aliphatic heterocycles. The zero-order chi connectivity index (χ0) is 16.8. The van der Waals surface area contributed by atoms with E-state index in [1.165, 1.54) is 18.4 Å². The fraction of sp³-hybridized carbons (Fsp3) is 0.450. The van der Waals surface area contributed by atoms with Crippen LogP contribution in [-0.2, 0) is 6.54 Å². The Hall–Kier alpha value is -2.07. The summed E-state index contributed by atoms with van der Waals surface area (Å²) in [6.45, 7) is 6.09. The Kier molecular flexibility index (Phi) is 5.70. The van der Waals surface area contributed by atoms with Crippen LogP contribution in [0.3, 0.4) is 0 Å². The molecule has 0 aliphatic carbocycles. The summed E-state index contributed by atoms with van der Waals surface area (Å²) in [5, 5.41) is 0. The summed E-state index contributed by atoms with van der Waals surface area (Å²) >= 11 is 0. The van der Waals surface area contributed by atoms with Crippen LogP contribution < -0.4 is 9.47 Å². The highest BCUT2D eigenvalue weighted by Gasteiger charge is 2.20. The first-order valence-corrected chi connectivity index (χ1v) is 8.63. The third-order valence-corrected chi connectivity index (χ3v) is 4.69. The van der Waals surface area contributed by atoms with Crippen LogP contribution in [0.25, 0.3) is 0 Å². The van der Waals surface area contributed by atoms with Gasteiger partial charge in [0.2, 0.25) is 0 Å². The van der Waals surface area contributed by atoms with Gasteiger partial charge in [0.1, 0.15) is 11.5 Å². The fourth-order valence-electron chi connectivity index (χ4n) is 3.17. The van der Waals surface area contributed by atoms with Crippen LogP contribution in [0.15, 0.2) is 42.7 Å². The van der Waals surface area contributed by atoms with Crippen molar-refractivity contribution in [2.75, 3.05) is 26.8 Å². The van der Waals surface area contributed by atoms with Crippen molar-refractivity contribution in [3.05, 3.63) is 53.9 Å². The molecule has 24 heavy (non-hydrogen) atoms. The molecular weight excluding hydrogens is 300 g/mol. The molecule has 0 unspecified atom stereocenters. The van der Waals surface area contributed by atoms with Gasteiger partial charge in [-0.05, 0) is 62.5 Å². The zero-order valence-corrected chi connectivity index (χ0v) is 14.6. The quantitative estimate of drug-likeness (QED) is 0.811. The molecule has 1 saturated heterocycles. The summed E-state index contributed by atoms with van der Waals surface area (Å²) in [4.78, 5) is 6.62. The third kappa shape index (κ3) is 4.48. The molecule has 1 aliphatic rings. The van der Waals surface area contributed by atoms with Crippen molar-refractivity contribution in [3.8, 4) is 11.5 Å². The van der Waals surface area contributed by atoms with Gasteiger partial charge in [-0.3, -0.25) is 9.88 Å². The van der Waals surface area contributed by atoms with E-state index < -0.39 is 0 Å². The number of aryl methyl sites for hydroxylation is 1. The van der Waals surface area contributed by atoms with Gasteiger partial charge in [-0.1, -0.05) is 12.1 Å². The molecule has 128 valence electrons. The molecule has 4 nitrogen and oxygen atoms in total. The summed E-state index contributed by atoms with van der Waals surface area (Å²) in [6, 6.07) is 10.3. The van der Waals surface area contributed by atoms with Gasteiger partial charge >= 0.3 is 0 Å². The molecule has 2 aromatic rings. The lowest BCUT2D eigenvalue weighted by Crippen LogP contribution is -2.35. The highest BCUT2D eigenvalue weighted by Crippen LogP contribution is 2.23. The summed E-state index contributed by atoms with van der Waals surface area (Å²) in [5.41, 5.74) is 2.42. The number of piperidine rings is 1. The number of likely N-dealkylation sites (tertiary alicyclic amines) is 1. The predicted molar refractivity (Wildman–Crippen MR) is 95.5 cm³/mol. The summed E-state index contributed by atoms with van der Waals surface area (Å²) in [6.07, 6.45) is 6.02. The number of nitrogens with zero attached hydrogens (tertiary/aromatic N) is 2. The van der Waals surface area contributed by atoms with Crippen molar-refractivity contribution in [1.82, 2.24) is 9.88 Å². The highest BCUT2D eigenvalue weighted by atomic mass is 16.5. The Morgan fingerprint density at radius 1 is 1.21 bits per heavy atom. The molecule has 0 saturated carbocycles. The topological polar surface area (TPSA) is 34.6 Å². The van der Waals surface area contributed by atoms with Gasteiger partial charge in [0.05, 0.1) is 13.7 Å². The van der Waals surface area contributed by atoms with E-state index in [0.29, 0.717) is 5.92 Å². The lowest BCUT2D eigenvalue weighted by atomic mass is 9.97. The van der Waals surface area contributed by atoms with Gasteiger partial charge in [0.15, 0.2) is 0 Å². The maximum absolute atomic E-state index is 5.99. The van der Waals surface area contributed by atoms with Crippen LogP contribution in [0.1, 0.15) is 24.0 Å². The average Bonchev–Trinajstić information content (AvgIpc) is 2.62. The van der Waals surface area contributed by atoms with Gasteiger partial charge < -0.3 is 9.47 Å². The van der Waals surface area contributed by atoms with Crippen molar-refractivity contribution < 1.29 is 9.47 Å². The number of hydrogen-bond acceptors (Lipinski definition) is 4. The Bertz CT molecular complexity index is 652. The van der Waals surface area contributed by atoms with Crippen LogP contribution in [0, 0.1) is 12.8 Å². The van der Waals surface area contributed by atoms with Crippen molar-refractivity contribution >= 4 is 0 Å². The van der Waals surface area contributed by atoms with E-state index in [2.05, 4.69) is 28.1 Å². The van der Waals surface area contributed by atoms with Gasteiger partial charge in [-0.15, -0.1) is 0 Å². The summed E-state index contributed by atoms with van der Waals surface area (Å²) in [7, 11) is 1.72. The monoisotopic (exact) mass is 326 g/mol. The lowest BCUT2D eigenvalue weighted by molar-refractivity contribution is 0.136. The van der Waals surface area contributed by atoms with Gasteiger partial charge in [-0.2, -0.15) is 0 Å². The minimum absolute atomic E-state index is 0.638. The Balaban J connectivity index is 1.44. The second-order valence-electron chi connectivity index (χ2n) is 6.52. The first kappa shape index (κ1) is 16.8. The maximum atomic E-state index is 5.99. The van der Waals surface area contributed by atoms with Crippen LogP contribution in [0.2, 0.25) is 0 Å². The second kappa shape index (κ2) is 8.15. The van der Waals surface area contributed by atoms with E-state index in [-0.39, 0.29) is 0 Å². The Labute approximate surface area is 144 Å². The van der Waals surface area contributed by atoms with Crippen molar-refractivity contribution in [2.24, 2.45) is 5.92 Å². The largest absolute Gasteiger partial charge is 0.497 e. The minimum Gasteiger partial charge on any atom is -0.497 e. The molecule has 0 amide bonds. The minimum atomic E-state index is 0.638. The first-order valence-electron chi connectivity index (χ1n) is 8.63. The molecule has 0 spiro atoms. The SMILES string of the molecule is COc1cccc(CN2CCC(COc3ccncc3C)CC2)c1. The van der Waals surface area contributed by atoms with Crippen molar-refractivity contribution in [3.63, 3.8) is 0 Å². The standard InChI is InChI=1S/C20H26N2O2/c1-16-13-21-9-6-20(16)24-15-17-7-10-22(11-8-17)14-18-4-3-5-19(12-18)23-2/h3-6,9,12-13,17H,7-8,10-11,14-15H2,1-2H3. The van der Waals surface area contributed by atoms with E-state index in [1.54, 1.807) is 13.3 Å². The van der Waals surface area contributed by atoms with Crippen LogP contribution >= 0.6 is 0 Å². The number of hydrogen-bond donors (Lipinski definition) is 0. The van der Waals surface area contributed by atoms with E-state index in [0.717, 1.165) is 43.3 Å². The predicted octanol–water partition coefficient (Wildman–Crippen LogP) is 3.69. The Morgan fingerprint density at radius 3 is 2.79 bits per heavy atom. The molecule has 0 atom stereocenters. The van der Waals surface area contributed by atoms with E-state index in [1.807, 2.05) is 25.3 Å². The molecule has 3 rings (SSSR count). The van der Waals surface area contributed by atoms with Gasteiger partial charge in [-0.25, -0.2) is 0 Å².